The fourth-order valence-corrected chi connectivity index (χ4v) is 6.47. The number of benzene rings is 1. The summed E-state index contributed by atoms with van der Waals surface area (Å²) in [5.74, 6) is -0.313. The molecule has 5 nitrogen and oxygen atoms in total. The van der Waals surface area contributed by atoms with Crippen molar-refractivity contribution in [1.82, 2.24) is 14.9 Å². The molecule has 7 heteroatoms. The lowest BCUT2D eigenvalue weighted by atomic mass is 10.0. The zero-order valence-corrected chi connectivity index (χ0v) is 19.8. The molecule has 1 aliphatic heterocycles. The summed E-state index contributed by atoms with van der Waals surface area (Å²) in [5, 5.41) is 5.18. The van der Waals surface area contributed by atoms with Gasteiger partial charge in [-0.25, -0.2) is 0 Å². The highest BCUT2D eigenvalue weighted by Gasteiger charge is 2.29. The number of carbonyl (C=O) groups is 1. The van der Waals surface area contributed by atoms with Crippen LogP contribution in [0.2, 0.25) is 0 Å². The molecule has 0 saturated heterocycles. The van der Waals surface area contributed by atoms with E-state index in [2.05, 4.69) is 38.4 Å². The fourth-order valence-electron chi connectivity index (χ4n) is 4.27. The lowest BCUT2D eigenvalue weighted by Crippen LogP contribution is -2.33. The maximum atomic E-state index is 13.3. The number of nitrogens with zero attached hydrogens (tertiary/aromatic N) is 2. The predicted octanol–water partition coefficient (Wildman–Crippen LogP) is 4.96. The topological polar surface area (TPSA) is 64.0 Å². The Bertz CT molecular complexity index is 1350. The van der Waals surface area contributed by atoms with Gasteiger partial charge in [0, 0.05) is 57.8 Å². The standard InChI is InChI=1S/C26H23N3O2S2/c1-17-15-21(30)25(26(31)28-13-10-18-8-11-27-12-9-18)20-16-24(23-7-4-14-32-23)33-22-6-3-2-5-19(22)29(17)20/h2-9,11-12,14-15,24H,10,13,16H2,1H3,(H,28,31). The number of amides is 1. The van der Waals surface area contributed by atoms with E-state index in [0.717, 1.165) is 27.5 Å². The largest absolute Gasteiger partial charge is 0.352 e. The average Bonchev–Trinajstić information content (AvgIpc) is 3.29. The van der Waals surface area contributed by atoms with Crippen LogP contribution in [0.25, 0.3) is 5.69 Å². The van der Waals surface area contributed by atoms with Crippen molar-refractivity contribution in [3.8, 4) is 5.69 Å². The molecule has 0 radical (unpaired) electrons. The lowest BCUT2D eigenvalue weighted by molar-refractivity contribution is 0.0951. The van der Waals surface area contributed by atoms with Crippen LogP contribution in [-0.4, -0.2) is 22.0 Å². The molecular formula is C26H23N3O2S2. The Morgan fingerprint density at radius 2 is 1.97 bits per heavy atom. The van der Waals surface area contributed by atoms with Crippen LogP contribution in [0.3, 0.4) is 0 Å². The molecule has 166 valence electrons. The molecule has 1 N–H and O–H groups in total. The number of para-hydroxylation sites is 1. The van der Waals surface area contributed by atoms with Crippen LogP contribution >= 0.6 is 23.1 Å². The highest BCUT2D eigenvalue weighted by Crippen LogP contribution is 2.45. The molecule has 0 spiro atoms. The van der Waals surface area contributed by atoms with Crippen LogP contribution in [0.1, 0.15) is 37.4 Å². The summed E-state index contributed by atoms with van der Waals surface area (Å²) < 4.78 is 2.09. The second-order valence-corrected chi connectivity index (χ2v) is 10.2. The molecule has 33 heavy (non-hydrogen) atoms. The summed E-state index contributed by atoms with van der Waals surface area (Å²) in [6, 6.07) is 17.8. The van der Waals surface area contributed by atoms with Crippen molar-refractivity contribution in [3.05, 3.63) is 110 Å². The summed E-state index contributed by atoms with van der Waals surface area (Å²) in [5.41, 5.74) is 3.73. The van der Waals surface area contributed by atoms with Crippen molar-refractivity contribution in [3.63, 3.8) is 0 Å². The molecule has 1 atom stereocenters. The zero-order valence-electron chi connectivity index (χ0n) is 18.2. The van der Waals surface area contributed by atoms with Gasteiger partial charge < -0.3 is 9.88 Å². The van der Waals surface area contributed by atoms with Gasteiger partial charge in [-0.3, -0.25) is 14.6 Å². The van der Waals surface area contributed by atoms with E-state index in [4.69, 9.17) is 0 Å². The fraction of sp³-hybridized carbons (Fsp3) is 0.192. The first-order valence-corrected chi connectivity index (χ1v) is 12.6. The van der Waals surface area contributed by atoms with E-state index in [1.807, 2.05) is 37.3 Å². The first kappa shape index (κ1) is 21.7. The third kappa shape index (κ3) is 4.38. The number of pyridine rings is 2. The molecule has 1 unspecified atom stereocenters. The van der Waals surface area contributed by atoms with Gasteiger partial charge in [0.2, 0.25) is 0 Å². The minimum atomic E-state index is -0.313. The number of aromatic nitrogens is 2. The van der Waals surface area contributed by atoms with E-state index < -0.39 is 0 Å². The quantitative estimate of drug-likeness (QED) is 0.445. The van der Waals surface area contributed by atoms with E-state index >= 15 is 0 Å². The second-order valence-electron chi connectivity index (χ2n) is 7.96. The summed E-state index contributed by atoms with van der Waals surface area (Å²) in [4.78, 5) is 32.8. The van der Waals surface area contributed by atoms with Gasteiger partial charge in [-0.2, -0.15) is 0 Å². The number of aryl methyl sites for hydroxylation is 1. The Morgan fingerprint density at radius 1 is 1.15 bits per heavy atom. The van der Waals surface area contributed by atoms with Crippen molar-refractivity contribution >= 4 is 29.0 Å². The SMILES string of the molecule is Cc1cc(=O)c(C(=O)NCCc2ccncc2)c2n1-c1ccccc1SC(c1cccs1)C2. The third-order valence-electron chi connectivity index (χ3n) is 5.79. The molecule has 0 bridgehead atoms. The second kappa shape index (κ2) is 9.37. The van der Waals surface area contributed by atoms with Crippen molar-refractivity contribution in [2.75, 3.05) is 6.54 Å². The number of hydrogen-bond donors (Lipinski definition) is 1. The summed E-state index contributed by atoms with van der Waals surface area (Å²) in [6.07, 6.45) is 4.76. The minimum absolute atomic E-state index is 0.129. The minimum Gasteiger partial charge on any atom is -0.352 e. The third-order valence-corrected chi connectivity index (χ3v) is 8.23. The molecule has 1 amide bonds. The molecule has 5 rings (SSSR count). The number of hydrogen-bond acceptors (Lipinski definition) is 5. The van der Waals surface area contributed by atoms with Crippen molar-refractivity contribution in [2.45, 2.75) is 29.9 Å². The normalized spacial score (nSPS) is 14.8. The molecule has 0 saturated carbocycles. The van der Waals surface area contributed by atoms with Gasteiger partial charge in [-0.15, -0.1) is 23.1 Å². The van der Waals surface area contributed by atoms with Crippen LogP contribution in [-0.2, 0) is 12.8 Å². The molecular weight excluding hydrogens is 450 g/mol. The van der Waals surface area contributed by atoms with E-state index in [9.17, 15) is 9.59 Å². The van der Waals surface area contributed by atoms with Crippen LogP contribution in [0, 0.1) is 6.92 Å². The summed E-state index contributed by atoms with van der Waals surface area (Å²) >= 11 is 3.50. The van der Waals surface area contributed by atoms with Crippen molar-refractivity contribution < 1.29 is 4.79 Å². The molecule has 4 aromatic rings. The number of fused-ring (bicyclic) bond motifs is 3. The van der Waals surface area contributed by atoms with E-state index in [0.29, 0.717) is 19.4 Å². The summed E-state index contributed by atoms with van der Waals surface area (Å²) in [6.45, 7) is 2.39. The first-order valence-electron chi connectivity index (χ1n) is 10.8. The predicted molar refractivity (Wildman–Crippen MR) is 134 cm³/mol. The van der Waals surface area contributed by atoms with E-state index in [1.54, 1.807) is 41.6 Å². The molecule has 3 aromatic heterocycles. The Hall–Kier alpha value is -3.16. The van der Waals surface area contributed by atoms with Gasteiger partial charge in [0.15, 0.2) is 5.43 Å². The van der Waals surface area contributed by atoms with Crippen LogP contribution in [0.15, 0.2) is 82.1 Å². The van der Waals surface area contributed by atoms with Crippen LogP contribution in [0.5, 0.6) is 0 Å². The maximum Gasteiger partial charge on any atom is 0.257 e. The number of thioether (sulfide) groups is 1. The monoisotopic (exact) mass is 473 g/mol. The Balaban J connectivity index is 1.55. The lowest BCUT2D eigenvalue weighted by Gasteiger charge is -2.19. The molecule has 4 heterocycles. The zero-order chi connectivity index (χ0) is 22.8. The van der Waals surface area contributed by atoms with Gasteiger partial charge in [0.1, 0.15) is 5.56 Å². The Kier molecular flexibility index (Phi) is 6.15. The average molecular weight is 474 g/mol. The number of carbonyl (C=O) groups excluding carboxylic acids is 1. The summed E-state index contributed by atoms with van der Waals surface area (Å²) in [7, 11) is 0. The molecule has 1 aliphatic rings. The van der Waals surface area contributed by atoms with Gasteiger partial charge >= 0.3 is 0 Å². The number of rotatable bonds is 5. The maximum absolute atomic E-state index is 13.3. The van der Waals surface area contributed by atoms with E-state index in [1.165, 1.54) is 4.88 Å². The molecule has 1 aromatic carbocycles. The smallest absolute Gasteiger partial charge is 0.257 e. The molecule has 0 aliphatic carbocycles. The Labute approximate surface area is 200 Å². The number of nitrogens with one attached hydrogen (secondary N) is 1. The van der Waals surface area contributed by atoms with Gasteiger partial charge in [0.05, 0.1) is 5.69 Å². The highest BCUT2D eigenvalue weighted by molar-refractivity contribution is 7.99. The van der Waals surface area contributed by atoms with Gasteiger partial charge in [0.25, 0.3) is 5.91 Å². The Morgan fingerprint density at radius 3 is 2.76 bits per heavy atom. The van der Waals surface area contributed by atoms with Crippen LogP contribution in [0.4, 0.5) is 0 Å². The van der Waals surface area contributed by atoms with Crippen molar-refractivity contribution in [2.24, 2.45) is 0 Å². The first-order chi connectivity index (χ1) is 16.1. The van der Waals surface area contributed by atoms with Gasteiger partial charge in [-0.1, -0.05) is 18.2 Å². The van der Waals surface area contributed by atoms with E-state index in [-0.39, 0.29) is 22.1 Å². The number of thiophene rings is 1. The van der Waals surface area contributed by atoms with Gasteiger partial charge in [-0.05, 0) is 54.6 Å². The van der Waals surface area contributed by atoms with Crippen LogP contribution < -0.4 is 10.7 Å². The van der Waals surface area contributed by atoms with Crippen molar-refractivity contribution in [1.29, 1.82) is 0 Å². The molecule has 0 fully saturated rings. The highest BCUT2D eigenvalue weighted by atomic mass is 32.2.